The Morgan fingerprint density at radius 3 is 1.96 bits per heavy atom. The lowest BCUT2D eigenvalue weighted by molar-refractivity contribution is 0.289. The van der Waals surface area contributed by atoms with Crippen LogP contribution in [-0.4, -0.2) is 49.5 Å². The molecule has 8 rings (SSSR count). The predicted molar refractivity (Wildman–Crippen MR) is 178 cm³/mol. The van der Waals surface area contributed by atoms with E-state index >= 15 is 0 Å². The number of pyridine rings is 2. The van der Waals surface area contributed by atoms with Gasteiger partial charge in [-0.05, 0) is 56.7 Å². The normalized spacial score (nSPS) is 14.2. The van der Waals surface area contributed by atoms with Crippen molar-refractivity contribution in [2.75, 3.05) is 11.5 Å². The summed E-state index contributed by atoms with van der Waals surface area (Å²) in [6, 6.07) is 7.26. The van der Waals surface area contributed by atoms with Gasteiger partial charge in [0.25, 0.3) is 11.4 Å². The molecule has 0 atom stereocenters. The van der Waals surface area contributed by atoms with Crippen molar-refractivity contribution in [2.45, 2.75) is 58.0 Å². The van der Waals surface area contributed by atoms with E-state index in [1.54, 1.807) is 36.7 Å². The highest BCUT2D eigenvalue weighted by molar-refractivity contribution is 6.33. The number of ether oxygens (including phenoxy) is 1. The van der Waals surface area contributed by atoms with Crippen LogP contribution in [0, 0.1) is 0 Å². The molecule has 5 N–H and O–H groups in total. The van der Waals surface area contributed by atoms with E-state index in [0.717, 1.165) is 25.7 Å². The SMILES string of the molecule is C.Clc1ccnc(Cl)c1.Nc1ncnc2c1c(=O)[nH]n2C1CCC1.Nc1ncnc2c1c(Oc1cc(Cl)ccn1)nn2C1CCC1. The second-order valence-electron chi connectivity index (χ2n) is 10.4. The maximum absolute atomic E-state index is 11.6. The Kier molecular flexibility index (Phi) is 10.2. The number of rotatable bonds is 4. The highest BCUT2D eigenvalue weighted by Gasteiger charge is 2.27. The number of nitrogen functional groups attached to an aromatic ring is 2. The summed E-state index contributed by atoms with van der Waals surface area (Å²) < 4.78 is 9.46. The van der Waals surface area contributed by atoms with Crippen molar-refractivity contribution in [2.24, 2.45) is 0 Å². The van der Waals surface area contributed by atoms with Crippen molar-refractivity contribution < 1.29 is 4.74 Å². The van der Waals surface area contributed by atoms with Crippen LogP contribution in [0.4, 0.5) is 11.6 Å². The predicted octanol–water partition coefficient (Wildman–Crippen LogP) is 6.43. The first kappa shape index (κ1) is 32.9. The van der Waals surface area contributed by atoms with Gasteiger partial charge in [-0.15, -0.1) is 5.10 Å². The molecule has 0 unspecified atom stereocenters. The fourth-order valence-corrected chi connectivity index (χ4v) is 5.30. The monoisotopic (exact) mass is 684 g/mol. The molecule has 0 amide bonds. The third-order valence-corrected chi connectivity index (χ3v) is 8.14. The molecule has 0 aliphatic heterocycles. The number of nitrogens with zero attached hydrogens (tertiary/aromatic N) is 9. The second-order valence-corrected chi connectivity index (χ2v) is 11.6. The van der Waals surface area contributed by atoms with Gasteiger partial charge in [0.15, 0.2) is 11.3 Å². The van der Waals surface area contributed by atoms with E-state index in [-0.39, 0.29) is 18.8 Å². The molecular weight excluding hydrogens is 655 g/mol. The number of halogens is 3. The van der Waals surface area contributed by atoms with Gasteiger partial charge in [0, 0.05) is 28.5 Å². The lowest BCUT2D eigenvalue weighted by Gasteiger charge is -2.26. The Balaban J connectivity index is 0.000000150. The highest BCUT2D eigenvalue weighted by atomic mass is 35.5. The molecule has 6 heterocycles. The summed E-state index contributed by atoms with van der Waals surface area (Å²) in [5.74, 6) is 1.30. The zero-order chi connectivity index (χ0) is 31.5. The van der Waals surface area contributed by atoms with Crippen LogP contribution in [-0.2, 0) is 0 Å². The zero-order valence-corrected chi connectivity index (χ0v) is 25.9. The van der Waals surface area contributed by atoms with E-state index in [4.69, 9.17) is 51.0 Å². The van der Waals surface area contributed by atoms with E-state index in [1.165, 1.54) is 25.5 Å². The van der Waals surface area contributed by atoms with Gasteiger partial charge < -0.3 is 16.2 Å². The number of aromatic nitrogens is 10. The zero-order valence-electron chi connectivity index (χ0n) is 23.6. The molecular formula is C29H31Cl3N12O2. The van der Waals surface area contributed by atoms with E-state index in [2.05, 4.69) is 40.1 Å². The summed E-state index contributed by atoms with van der Waals surface area (Å²) in [6.07, 6.45) is 12.7. The minimum Gasteiger partial charge on any atom is -0.418 e. The molecule has 0 spiro atoms. The van der Waals surface area contributed by atoms with Gasteiger partial charge in [0.1, 0.15) is 40.2 Å². The molecule has 0 bridgehead atoms. The summed E-state index contributed by atoms with van der Waals surface area (Å²) in [5, 5.41) is 9.90. The number of nitrogens with one attached hydrogen (secondary N) is 1. The summed E-state index contributed by atoms with van der Waals surface area (Å²) in [6.45, 7) is 0. The number of fused-ring (bicyclic) bond motifs is 2. The molecule has 6 aromatic heterocycles. The maximum Gasteiger partial charge on any atom is 0.277 e. The molecule has 17 heteroatoms. The van der Waals surface area contributed by atoms with Crippen LogP contribution in [0.1, 0.15) is 58.0 Å². The summed E-state index contributed by atoms with van der Waals surface area (Å²) in [7, 11) is 0. The molecule has 0 aromatic carbocycles. The molecule has 14 nitrogen and oxygen atoms in total. The van der Waals surface area contributed by atoms with Crippen LogP contribution in [0.15, 0.2) is 54.1 Å². The fourth-order valence-electron chi connectivity index (χ4n) is 4.76. The van der Waals surface area contributed by atoms with Gasteiger partial charge in [0.2, 0.25) is 5.88 Å². The first-order chi connectivity index (χ1) is 21.8. The van der Waals surface area contributed by atoms with E-state index in [0.29, 0.717) is 66.9 Å². The number of anilines is 2. The van der Waals surface area contributed by atoms with Gasteiger partial charge in [-0.1, -0.05) is 42.2 Å². The first-order valence-electron chi connectivity index (χ1n) is 14.0. The van der Waals surface area contributed by atoms with Crippen LogP contribution in [0.5, 0.6) is 11.8 Å². The van der Waals surface area contributed by atoms with Crippen molar-refractivity contribution in [3.8, 4) is 11.8 Å². The molecule has 2 aliphatic rings. The van der Waals surface area contributed by atoms with Gasteiger partial charge in [-0.25, -0.2) is 34.6 Å². The number of H-pyrrole nitrogens is 1. The van der Waals surface area contributed by atoms with Crippen molar-refractivity contribution in [1.82, 2.24) is 49.5 Å². The molecule has 2 aliphatic carbocycles. The van der Waals surface area contributed by atoms with Crippen molar-refractivity contribution in [3.63, 3.8) is 0 Å². The van der Waals surface area contributed by atoms with Gasteiger partial charge in [-0.3, -0.25) is 14.6 Å². The molecule has 0 radical (unpaired) electrons. The third kappa shape index (κ3) is 6.98. The lowest BCUT2D eigenvalue weighted by atomic mass is 9.93. The minimum atomic E-state index is -0.199. The Morgan fingerprint density at radius 1 is 0.783 bits per heavy atom. The third-order valence-electron chi connectivity index (χ3n) is 7.47. The van der Waals surface area contributed by atoms with Gasteiger partial charge in [-0.2, -0.15) is 0 Å². The Labute approximate surface area is 278 Å². The first-order valence-corrected chi connectivity index (χ1v) is 15.2. The number of hydrogen-bond acceptors (Lipinski definition) is 11. The molecule has 240 valence electrons. The summed E-state index contributed by atoms with van der Waals surface area (Å²) in [5.41, 5.74) is 12.7. The largest absolute Gasteiger partial charge is 0.418 e. The van der Waals surface area contributed by atoms with Crippen LogP contribution in [0.2, 0.25) is 15.2 Å². The lowest BCUT2D eigenvalue weighted by Crippen LogP contribution is -2.19. The van der Waals surface area contributed by atoms with Crippen LogP contribution < -0.4 is 21.8 Å². The van der Waals surface area contributed by atoms with Crippen molar-refractivity contribution >= 4 is 68.5 Å². The van der Waals surface area contributed by atoms with Crippen LogP contribution in [0.25, 0.3) is 22.1 Å². The van der Waals surface area contributed by atoms with E-state index in [9.17, 15) is 4.79 Å². The molecule has 6 aromatic rings. The molecule has 2 fully saturated rings. The molecule has 46 heavy (non-hydrogen) atoms. The number of nitrogens with two attached hydrogens (primary N) is 2. The maximum atomic E-state index is 11.6. The van der Waals surface area contributed by atoms with Crippen molar-refractivity contribution in [3.05, 3.63) is 74.9 Å². The molecule has 0 saturated heterocycles. The average molecular weight is 686 g/mol. The Morgan fingerprint density at radius 2 is 1.39 bits per heavy atom. The topological polar surface area (TPSA) is 194 Å². The number of hydrogen-bond donors (Lipinski definition) is 3. The van der Waals surface area contributed by atoms with E-state index in [1.807, 2.05) is 9.36 Å². The highest BCUT2D eigenvalue weighted by Crippen LogP contribution is 2.38. The quantitative estimate of drug-likeness (QED) is 0.173. The molecule has 2 saturated carbocycles. The fraction of sp³-hybridized carbons (Fsp3) is 0.310. The van der Waals surface area contributed by atoms with Crippen LogP contribution in [0.3, 0.4) is 0 Å². The Hall–Kier alpha value is -4.53. The minimum absolute atomic E-state index is 0. The van der Waals surface area contributed by atoms with Gasteiger partial charge >= 0.3 is 0 Å². The second kappa shape index (κ2) is 14.3. The van der Waals surface area contributed by atoms with Gasteiger partial charge in [0.05, 0.1) is 12.1 Å². The smallest absolute Gasteiger partial charge is 0.277 e. The van der Waals surface area contributed by atoms with E-state index < -0.39 is 0 Å². The average Bonchev–Trinajstić information content (AvgIpc) is 3.46. The Bertz CT molecular complexity index is 2000. The number of aromatic amines is 1. The summed E-state index contributed by atoms with van der Waals surface area (Å²) >= 11 is 16.9. The standard InChI is InChI=1S/C14H13ClN6O.C9H11N5O.C5H3Cl2N.CH4/c15-8-4-5-17-10(6-8)22-14-11-12(16)18-7-19-13(11)21(20-14)9-2-1-3-9;10-7-6-8(12-4-11-7)14(13-9(6)15)5-2-1-3-5;6-4-1-2-8-5(7)3-4;/h4-7,9H,1-3H2,(H2,16,18,19);4-5H,1-3H2,(H,13,15)(H2,10,11,12);1-3H;1H4. The van der Waals surface area contributed by atoms with Crippen LogP contribution >= 0.6 is 34.8 Å². The summed E-state index contributed by atoms with van der Waals surface area (Å²) in [4.78, 5) is 35.7. The van der Waals surface area contributed by atoms with Crippen molar-refractivity contribution in [1.29, 1.82) is 0 Å².